The number of hydrogen-bond acceptors (Lipinski definition) is 4. The first-order valence-electron chi connectivity index (χ1n) is 6.77. The standard InChI is InChI=1S/C14H15F2N3O2/c1-2-21-13(20)11-7-17-19-8-10(3-4-12(11)19)18-6-5-14(15,16)9-18/h3-4,7-8H,2,5-6,9H2,1H3. The van der Waals surface area contributed by atoms with Crippen LogP contribution in [0.25, 0.3) is 5.52 Å². The smallest absolute Gasteiger partial charge is 0.341 e. The van der Waals surface area contributed by atoms with Gasteiger partial charge in [-0.25, -0.2) is 18.1 Å². The second-order valence-electron chi connectivity index (χ2n) is 5.02. The number of alkyl halides is 2. The molecule has 0 bridgehead atoms. The van der Waals surface area contributed by atoms with Gasteiger partial charge >= 0.3 is 5.97 Å². The van der Waals surface area contributed by atoms with Crippen LogP contribution in [0.4, 0.5) is 14.5 Å². The van der Waals surface area contributed by atoms with Crippen molar-refractivity contribution in [1.82, 2.24) is 9.61 Å². The first-order chi connectivity index (χ1) is 10.00. The van der Waals surface area contributed by atoms with E-state index in [0.29, 0.717) is 23.3 Å². The lowest BCUT2D eigenvalue weighted by molar-refractivity contribution is 0.0257. The molecule has 2 aromatic rings. The van der Waals surface area contributed by atoms with E-state index in [1.165, 1.54) is 10.7 Å². The molecule has 3 heterocycles. The molecule has 1 aliphatic rings. The van der Waals surface area contributed by atoms with Crippen molar-refractivity contribution in [3.05, 3.63) is 30.1 Å². The second kappa shape index (κ2) is 4.98. The summed E-state index contributed by atoms with van der Waals surface area (Å²) in [6, 6.07) is 3.42. The fourth-order valence-electron chi connectivity index (χ4n) is 2.48. The van der Waals surface area contributed by atoms with Crippen molar-refractivity contribution in [2.45, 2.75) is 19.3 Å². The zero-order valence-corrected chi connectivity index (χ0v) is 11.6. The van der Waals surface area contributed by atoms with Crippen LogP contribution in [0.15, 0.2) is 24.5 Å². The van der Waals surface area contributed by atoms with Gasteiger partial charge in [-0.1, -0.05) is 0 Å². The molecule has 5 nitrogen and oxygen atoms in total. The van der Waals surface area contributed by atoms with Gasteiger partial charge in [0.1, 0.15) is 5.56 Å². The lowest BCUT2D eigenvalue weighted by atomic mass is 10.2. The summed E-state index contributed by atoms with van der Waals surface area (Å²) in [5.41, 5.74) is 1.64. The highest BCUT2D eigenvalue weighted by Gasteiger charge is 2.38. The number of fused-ring (bicyclic) bond motifs is 1. The third-order valence-electron chi connectivity index (χ3n) is 3.53. The lowest BCUT2D eigenvalue weighted by Crippen LogP contribution is -2.25. The van der Waals surface area contributed by atoms with E-state index in [0.717, 1.165) is 0 Å². The van der Waals surface area contributed by atoms with Crippen LogP contribution in [-0.4, -0.2) is 41.2 Å². The minimum Gasteiger partial charge on any atom is -0.462 e. The van der Waals surface area contributed by atoms with E-state index in [9.17, 15) is 13.6 Å². The van der Waals surface area contributed by atoms with E-state index < -0.39 is 11.9 Å². The Morgan fingerprint density at radius 3 is 2.95 bits per heavy atom. The highest BCUT2D eigenvalue weighted by Crippen LogP contribution is 2.31. The van der Waals surface area contributed by atoms with Crippen LogP contribution in [0.1, 0.15) is 23.7 Å². The van der Waals surface area contributed by atoms with Crippen molar-refractivity contribution in [3.63, 3.8) is 0 Å². The maximum absolute atomic E-state index is 13.3. The summed E-state index contributed by atoms with van der Waals surface area (Å²) in [7, 11) is 0. The molecule has 0 amide bonds. The predicted octanol–water partition coefficient (Wildman–Crippen LogP) is 2.36. The summed E-state index contributed by atoms with van der Waals surface area (Å²) < 4.78 is 33.0. The number of anilines is 1. The maximum atomic E-state index is 13.3. The Hall–Kier alpha value is -2.18. The zero-order valence-electron chi connectivity index (χ0n) is 11.6. The van der Waals surface area contributed by atoms with Crippen molar-refractivity contribution < 1.29 is 18.3 Å². The third kappa shape index (κ3) is 2.55. The van der Waals surface area contributed by atoms with Crippen molar-refractivity contribution in [3.8, 4) is 0 Å². The molecule has 0 spiro atoms. The molecule has 0 saturated carbocycles. The van der Waals surface area contributed by atoms with Crippen LogP contribution < -0.4 is 4.90 Å². The first-order valence-corrected chi connectivity index (χ1v) is 6.77. The van der Waals surface area contributed by atoms with Crippen molar-refractivity contribution >= 4 is 17.2 Å². The van der Waals surface area contributed by atoms with Gasteiger partial charge in [0.15, 0.2) is 0 Å². The monoisotopic (exact) mass is 295 g/mol. The van der Waals surface area contributed by atoms with Crippen LogP contribution in [0.5, 0.6) is 0 Å². The summed E-state index contributed by atoms with van der Waals surface area (Å²) in [5, 5.41) is 4.09. The molecular weight excluding hydrogens is 280 g/mol. The first kappa shape index (κ1) is 13.8. The van der Waals surface area contributed by atoms with Gasteiger partial charge in [0.05, 0.1) is 36.7 Å². The second-order valence-corrected chi connectivity index (χ2v) is 5.02. The summed E-state index contributed by atoms with van der Waals surface area (Å²) in [4.78, 5) is 13.4. The number of carbonyl (C=O) groups excluding carboxylic acids is 1. The van der Waals surface area contributed by atoms with E-state index in [4.69, 9.17) is 4.74 Å². The SMILES string of the molecule is CCOC(=O)c1cnn2cc(N3CCC(F)(F)C3)ccc12. The Morgan fingerprint density at radius 2 is 2.29 bits per heavy atom. The number of carbonyl (C=O) groups is 1. The Bertz CT molecular complexity index is 684. The molecule has 0 atom stereocenters. The predicted molar refractivity (Wildman–Crippen MR) is 72.9 cm³/mol. The molecular formula is C14H15F2N3O2. The van der Waals surface area contributed by atoms with E-state index >= 15 is 0 Å². The molecule has 0 unspecified atom stereocenters. The minimum absolute atomic E-state index is 0.141. The van der Waals surface area contributed by atoms with Gasteiger partial charge in [-0.2, -0.15) is 5.10 Å². The van der Waals surface area contributed by atoms with E-state index in [-0.39, 0.29) is 19.6 Å². The van der Waals surface area contributed by atoms with Crippen LogP contribution in [0, 0.1) is 0 Å². The number of halogens is 2. The maximum Gasteiger partial charge on any atom is 0.341 e. The number of ether oxygens (including phenoxy) is 1. The molecule has 2 aromatic heterocycles. The highest BCUT2D eigenvalue weighted by atomic mass is 19.3. The number of rotatable bonds is 3. The molecule has 0 N–H and O–H groups in total. The summed E-state index contributed by atoms with van der Waals surface area (Å²) in [5.74, 6) is -3.08. The molecule has 1 aliphatic heterocycles. The third-order valence-corrected chi connectivity index (χ3v) is 3.53. The molecule has 3 rings (SSSR count). The molecule has 112 valence electrons. The Balaban J connectivity index is 1.90. The summed E-state index contributed by atoms with van der Waals surface area (Å²) in [6.07, 6.45) is 2.94. The van der Waals surface area contributed by atoms with Gasteiger partial charge in [-0.3, -0.25) is 0 Å². The van der Waals surface area contributed by atoms with Gasteiger partial charge < -0.3 is 9.64 Å². The van der Waals surface area contributed by atoms with Crippen LogP contribution >= 0.6 is 0 Å². The number of aromatic nitrogens is 2. The normalized spacial score (nSPS) is 17.4. The molecule has 0 aliphatic carbocycles. The van der Waals surface area contributed by atoms with Gasteiger partial charge in [0, 0.05) is 13.0 Å². The quantitative estimate of drug-likeness (QED) is 0.816. The topological polar surface area (TPSA) is 46.8 Å². The average molecular weight is 295 g/mol. The number of pyridine rings is 1. The van der Waals surface area contributed by atoms with Gasteiger partial charge in [-0.15, -0.1) is 0 Å². The van der Waals surface area contributed by atoms with E-state index in [2.05, 4.69) is 5.10 Å². The van der Waals surface area contributed by atoms with Crippen molar-refractivity contribution in [2.75, 3.05) is 24.6 Å². The largest absolute Gasteiger partial charge is 0.462 e. The molecule has 1 saturated heterocycles. The fourth-order valence-corrected chi connectivity index (χ4v) is 2.48. The average Bonchev–Trinajstić information content (AvgIpc) is 3.01. The molecule has 21 heavy (non-hydrogen) atoms. The van der Waals surface area contributed by atoms with Crippen LogP contribution in [0.3, 0.4) is 0 Å². The van der Waals surface area contributed by atoms with Gasteiger partial charge in [-0.05, 0) is 19.1 Å². The number of esters is 1. The van der Waals surface area contributed by atoms with Crippen molar-refractivity contribution in [2.24, 2.45) is 0 Å². The number of nitrogens with zero attached hydrogens (tertiary/aromatic N) is 3. The van der Waals surface area contributed by atoms with E-state index in [1.54, 1.807) is 30.2 Å². The summed E-state index contributed by atoms with van der Waals surface area (Å²) in [6.45, 7) is 2.04. The lowest BCUT2D eigenvalue weighted by Gasteiger charge is -2.18. The van der Waals surface area contributed by atoms with E-state index in [1.807, 2.05) is 0 Å². The van der Waals surface area contributed by atoms with Crippen molar-refractivity contribution in [1.29, 1.82) is 0 Å². The summed E-state index contributed by atoms with van der Waals surface area (Å²) >= 11 is 0. The minimum atomic E-state index is -2.64. The molecule has 7 heteroatoms. The number of hydrogen-bond donors (Lipinski definition) is 0. The molecule has 0 radical (unpaired) electrons. The Morgan fingerprint density at radius 1 is 1.48 bits per heavy atom. The van der Waals surface area contributed by atoms with Gasteiger partial charge in [0.25, 0.3) is 5.92 Å². The van der Waals surface area contributed by atoms with Crippen LogP contribution in [-0.2, 0) is 4.74 Å². The molecule has 1 fully saturated rings. The van der Waals surface area contributed by atoms with Gasteiger partial charge in [0.2, 0.25) is 0 Å². The Labute approximate surface area is 120 Å². The molecule has 0 aromatic carbocycles. The fraction of sp³-hybridized carbons (Fsp3) is 0.429. The Kier molecular flexibility index (Phi) is 3.27. The zero-order chi connectivity index (χ0) is 15.0. The highest BCUT2D eigenvalue weighted by molar-refractivity contribution is 5.96. The van der Waals surface area contributed by atoms with Crippen LogP contribution in [0.2, 0.25) is 0 Å².